The Kier molecular flexibility index (Phi) is 4.83. The first-order valence-corrected chi connectivity index (χ1v) is 6.77. The predicted octanol–water partition coefficient (Wildman–Crippen LogP) is 3.77. The minimum Gasteiger partial charge on any atom is -0.388 e. The molecule has 2 rings (SSSR count). The van der Waals surface area contributed by atoms with E-state index in [2.05, 4.69) is 0 Å². The van der Waals surface area contributed by atoms with Gasteiger partial charge in [0.05, 0.1) is 6.10 Å². The molecule has 4 heteroatoms. The summed E-state index contributed by atoms with van der Waals surface area (Å²) in [4.78, 5) is 0. The zero-order valence-electron chi connectivity index (χ0n) is 10.3. The molecule has 0 saturated heterocycles. The summed E-state index contributed by atoms with van der Waals surface area (Å²) in [5, 5.41) is 11.5. The van der Waals surface area contributed by atoms with Crippen LogP contribution in [0.4, 0.5) is 0 Å². The molecule has 19 heavy (non-hydrogen) atoms. The largest absolute Gasteiger partial charge is 0.388 e. The quantitative estimate of drug-likeness (QED) is 0.902. The zero-order valence-corrected chi connectivity index (χ0v) is 11.8. The van der Waals surface area contributed by atoms with Gasteiger partial charge >= 0.3 is 0 Å². The van der Waals surface area contributed by atoms with E-state index in [0.717, 1.165) is 5.56 Å². The first-order valence-electron chi connectivity index (χ1n) is 6.01. The van der Waals surface area contributed by atoms with Crippen LogP contribution in [0.2, 0.25) is 10.0 Å². The molecular weight excluding hydrogens is 281 g/mol. The predicted molar refractivity (Wildman–Crippen MR) is 79.7 cm³/mol. The van der Waals surface area contributed by atoms with Crippen molar-refractivity contribution in [2.45, 2.75) is 12.0 Å². The number of aliphatic hydroxyl groups excluding tert-OH is 1. The molecule has 0 bridgehead atoms. The Labute approximate surface area is 122 Å². The maximum Gasteiger partial charge on any atom is 0.0885 e. The van der Waals surface area contributed by atoms with Crippen molar-refractivity contribution in [2.24, 2.45) is 5.73 Å². The molecule has 2 atom stereocenters. The minimum absolute atomic E-state index is 0.195. The van der Waals surface area contributed by atoms with Crippen LogP contribution in [-0.2, 0) is 0 Å². The molecule has 2 aromatic carbocycles. The number of aliphatic hydroxyl groups is 1. The van der Waals surface area contributed by atoms with E-state index in [0.29, 0.717) is 22.2 Å². The third-order valence-corrected chi connectivity index (χ3v) is 3.71. The van der Waals surface area contributed by atoms with Gasteiger partial charge in [0.1, 0.15) is 0 Å². The Morgan fingerprint density at radius 3 is 2.32 bits per heavy atom. The molecule has 0 aliphatic rings. The highest BCUT2D eigenvalue weighted by Gasteiger charge is 2.23. The van der Waals surface area contributed by atoms with Crippen LogP contribution in [0.3, 0.4) is 0 Å². The molecule has 0 fully saturated rings. The van der Waals surface area contributed by atoms with Gasteiger partial charge in [-0.15, -0.1) is 0 Å². The van der Waals surface area contributed by atoms with Gasteiger partial charge < -0.3 is 10.8 Å². The molecule has 2 nitrogen and oxygen atoms in total. The zero-order chi connectivity index (χ0) is 13.8. The number of rotatable bonds is 4. The van der Waals surface area contributed by atoms with E-state index in [1.54, 1.807) is 18.2 Å². The monoisotopic (exact) mass is 295 g/mol. The van der Waals surface area contributed by atoms with E-state index in [4.69, 9.17) is 28.9 Å². The Morgan fingerprint density at radius 1 is 1.05 bits per heavy atom. The van der Waals surface area contributed by atoms with Crippen LogP contribution in [0.5, 0.6) is 0 Å². The lowest BCUT2D eigenvalue weighted by Crippen LogP contribution is -2.20. The van der Waals surface area contributed by atoms with Crippen LogP contribution in [0.25, 0.3) is 0 Å². The fraction of sp³-hybridized carbons (Fsp3) is 0.200. The third-order valence-electron chi connectivity index (χ3n) is 3.14. The highest BCUT2D eigenvalue weighted by Crippen LogP contribution is 2.34. The van der Waals surface area contributed by atoms with E-state index in [-0.39, 0.29) is 5.92 Å². The van der Waals surface area contributed by atoms with Gasteiger partial charge in [0.15, 0.2) is 0 Å². The van der Waals surface area contributed by atoms with Crippen molar-refractivity contribution in [3.05, 3.63) is 69.7 Å². The van der Waals surface area contributed by atoms with E-state index in [1.807, 2.05) is 30.3 Å². The van der Waals surface area contributed by atoms with Gasteiger partial charge in [0.2, 0.25) is 0 Å². The van der Waals surface area contributed by atoms with Crippen LogP contribution in [0.15, 0.2) is 48.5 Å². The van der Waals surface area contributed by atoms with Crippen molar-refractivity contribution in [3.63, 3.8) is 0 Å². The Bertz CT molecular complexity index is 545. The van der Waals surface area contributed by atoms with Crippen molar-refractivity contribution in [2.75, 3.05) is 6.54 Å². The van der Waals surface area contributed by atoms with Gasteiger partial charge in [-0.25, -0.2) is 0 Å². The van der Waals surface area contributed by atoms with Gasteiger partial charge in [0, 0.05) is 22.5 Å². The number of hydrogen-bond acceptors (Lipinski definition) is 2. The number of hydrogen-bond donors (Lipinski definition) is 2. The average Bonchev–Trinajstić information content (AvgIpc) is 2.40. The highest BCUT2D eigenvalue weighted by molar-refractivity contribution is 6.35. The normalized spacial score (nSPS) is 14.1. The van der Waals surface area contributed by atoms with Gasteiger partial charge in [-0.2, -0.15) is 0 Å². The Morgan fingerprint density at radius 2 is 1.74 bits per heavy atom. The maximum absolute atomic E-state index is 10.5. The van der Waals surface area contributed by atoms with Crippen molar-refractivity contribution in [3.8, 4) is 0 Å². The van der Waals surface area contributed by atoms with Crippen molar-refractivity contribution < 1.29 is 5.11 Å². The molecule has 0 aromatic heterocycles. The standard InChI is InChI=1S/C15H15Cl2NO/c16-11-6-7-12(14(17)8-11)15(19)13(9-18)10-4-2-1-3-5-10/h1-8,13,15,19H,9,18H2. The first-order chi connectivity index (χ1) is 9.13. The molecular formula is C15H15Cl2NO. The molecule has 2 unspecified atom stereocenters. The van der Waals surface area contributed by atoms with Crippen molar-refractivity contribution in [1.29, 1.82) is 0 Å². The molecule has 0 amide bonds. The van der Waals surface area contributed by atoms with Crippen LogP contribution >= 0.6 is 23.2 Å². The van der Waals surface area contributed by atoms with E-state index >= 15 is 0 Å². The van der Waals surface area contributed by atoms with E-state index < -0.39 is 6.10 Å². The molecule has 3 N–H and O–H groups in total. The lowest BCUT2D eigenvalue weighted by molar-refractivity contribution is 0.147. The molecule has 0 saturated carbocycles. The summed E-state index contributed by atoms with van der Waals surface area (Å²) < 4.78 is 0. The molecule has 0 aliphatic carbocycles. The highest BCUT2D eigenvalue weighted by atomic mass is 35.5. The third kappa shape index (κ3) is 3.28. The summed E-state index contributed by atoms with van der Waals surface area (Å²) in [6.07, 6.45) is -0.753. The summed E-state index contributed by atoms with van der Waals surface area (Å²) in [7, 11) is 0. The fourth-order valence-electron chi connectivity index (χ4n) is 2.11. The summed E-state index contributed by atoms with van der Waals surface area (Å²) in [6.45, 7) is 0.337. The second-order valence-electron chi connectivity index (χ2n) is 4.36. The topological polar surface area (TPSA) is 46.2 Å². The van der Waals surface area contributed by atoms with Crippen LogP contribution in [0, 0.1) is 0 Å². The van der Waals surface area contributed by atoms with Crippen molar-refractivity contribution >= 4 is 23.2 Å². The van der Waals surface area contributed by atoms with Crippen LogP contribution < -0.4 is 5.73 Å². The van der Waals surface area contributed by atoms with Crippen molar-refractivity contribution in [1.82, 2.24) is 0 Å². The molecule has 2 aromatic rings. The van der Waals surface area contributed by atoms with Gasteiger partial charge in [0.25, 0.3) is 0 Å². The van der Waals surface area contributed by atoms with Gasteiger partial charge in [-0.3, -0.25) is 0 Å². The second kappa shape index (κ2) is 6.40. The Hall–Kier alpha value is -1.06. The lowest BCUT2D eigenvalue weighted by Gasteiger charge is -2.23. The molecule has 0 spiro atoms. The summed E-state index contributed by atoms with van der Waals surface area (Å²) in [5.74, 6) is -0.195. The van der Waals surface area contributed by atoms with Crippen LogP contribution in [-0.4, -0.2) is 11.7 Å². The minimum atomic E-state index is -0.753. The first kappa shape index (κ1) is 14.4. The van der Waals surface area contributed by atoms with Gasteiger partial charge in [-0.1, -0.05) is 59.6 Å². The molecule has 100 valence electrons. The van der Waals surface area contributed by atoms with Crippen LogP contribution in [0.1, 0.15) is 23.1 Å². The number of nitrogens with two attached hydrogens (primary N) is 1. The lowest BCUT2D eigenvalue weighted by atomic mass is 9.89. The average molecular weight is 296 g/mol. The second-order valence-corrected chi connectivity index (χ2v) is 5.21. The smallest absolute Gasteiger partial charge is 0.0885 e. The summed E-state index contributed by atoms with van der Waals surface area (Å²) in [5.41, 5.74) is 7.43. The van der Waals surface area contributed by atoms with Gasteiger partial charge in [-0.05, 0) is 23.3 Å². The van der Waals surface area contributed by atoms with E-state index in [1.165, 1.54) is 0 Å². The Balaban J connectivity index is 2.33. The van der Waals surface area contributed by atoms with E-state index in [9.17, 15) is 5.11 Å². The SMILES string of the molecule is NCC(c1ccccc1)C(O)c1ccc(Cl)cc1Cl. The molecule has 0 heterocycles. The molecule has 0 radical (unpaired) electrons. The number of halogens is 2. The number of benzene rings is 2. The summed E-state index contributed by atoms with van der Waals surface area (Å²) in [6, 6.07) is 14.8. The fourth-order valence-corrected chi connectivity index (χ4v) is 2.63. The maximum atomic E-state index is 10.5. The molecule has 0 aliphatic heterocycles. The summed E-state index contributed by atoms with van der Waals surface area (Å²) >= 11 is 12.0.